The number of hydrogen-bond acceptors (Lipinski definition) is 8. The van der Waals surface area contributed by atoms with Gasteiger partial charge < -0.3 is 14.9 Å². The molecule has 3 heterocycles. The van der Waals surface area contributed by atoms with Crippen LogP contribution in [0.2, 0.25) is 0 Å². The first-order chi connectivity index (χ1) is 15.4. The molecule has 32 heavy (non-hydrogen) atoms. The molecule has 12 heteroatoms. The first-order valence-electron chi connectivity index (χ1n) is 10.5. The molecule has 0 saturated carbocycles. The van der Waals surface area contributed by atoms with Gasteiger partial charge >= 0.3 is 0 Å². The highest BCUT2D eigenvalue weighted by atomic mass is 32.2. The second kappa shape index (κ2) is 9.61. The Bertz CT molecular complexity index is 1020. The number of halogens is 2. The summed E-state index contributed by atoms with van der Waals surface area (Å²) in [5.41, 5.74) is 0. The molecule has 0 amide bonds. The Balaban J connectivity index is 1.36. The summed E-state index contributed by atoms with van der Waals surface area (Å²) < 4.78 is 54.1. The van der Waals surface area contributed by atoms with Gasteiger partial charge in [0.25, 0.3) is 0 Å². The maximum absolute atomic E-state index is 14.0. The van der Waals surface area contributed by atoms with Gasteiger partial charge in [0.15, 0.2) is 11.6 Å². The third-order valence-electron chi connectivity index (χ3n) is 5.82. The third-order valence-corrected chi connectivity index (χ3v) is 7.74. The van der Waals surface area contributed by atoms with Crippen LogP contribution in [0, 0.1) is 11.6 Å². The van der Waals surface area contributed by atoms with Crippen molar-refractivity contribution in [2.45, 2.75) is 4.90 Å². The molecule has 2 saturated heterocycles. The minimum absolute atomic E-state index is 0.133. The summed E-state index contributed by atoms with van der Waals surface area (Å²) >= 11 is 0. The molecule has 0 unspecified atom stereocenters. The first kappa shape index (κ1) is 22.8. The number of piperazine rings is 2. The van der Waals surface area contributed by atoms with Crippen molar-refractivity contribution in [3.8, 4) is 0 Å². The van der Waals surface area contributed by atoms with Gasteiger partial charge in [0.2, 0.25) is 10.0 Å². The van der Waals surface area contributed by atoms with Crippen molar-refractivity contribution in [3.05, 3.63) is 42.0 Å². The number of sulfonamides is 1. The number of rotatable bonds is 6. The summed E-state index contributed by atoms with van der Waals surface area (Å²) in [4.78, 5) is 5.61. The monoisotopic (exact) mass is 468 g/mol. The number of benzene rings is 1. The van der Waals surface area contributed by atoms with Gasteiger partial charge in [-0.3, -0.25) is 4.90 Å². The van der Waals surface area contributed by atoms with Gasteiger partial charge in [-0.1, -0.05) is 0 Å². The fourth-order valence-electron chi connectivity index (χ4n) is 3.97. The molecule has 2 aromatic rings. The van der Waals surface area contributed by atoms with E-state index in [4.69, 9.17) is 5.11 Å². The van der Waals surface area contributed by atoms with Gasteiger partial charge in [-0.2, -0.15) is 4.31 Å². The van der Waals surface area contributed by atoms with Crippen molar-refractivity contribution < 1.29 is 22.3 Å². The molecule has 9 nitrogen and oxygen atoms in total. The Hall–Kier alpha value is -2.41. The molecule has 174 valence electrons. The zero-order valence-electron chi connectivity index (χ0n) is 17.6. The number of aliphatic hydroxyl groups excluding tert-OH is 1. The Morgan fingerprint density at radius 1 is 0.844 bits per heavy atom. The summed E-state index contributed by atoms with van der Waals surface area (Å²) in [6.45, 7) is 5.14. The largest absolute Gasteiger partial charge is 0.395 e. The molecule has 0 spiro atoms. The summed E-state index contributed by atoms with van der Waals surface area (Å²) in [5, 5.41) is 17.7. The van der Waals surface area contributed by atoms with Crippen molar-refractivity contribution in [1.29, 1.82) is 0 Å². The van der Waals surface area contributed by atoms with Crippen LogP contribution in [0.4, 0.5) is 20.4 Å². The molecule has 2 aliphatic heterocycles. The number of aromatic nitrogens is 2. The molecular formula is C20H26F2N6O3S. The van der Waals surface area contributed by atoms with E-state index in [2.05, 4.69) is 20.0 Å². The van der Waals surface area contributed by atoms with Crippen LogP contribution in [0.5, 0.6) is 0 Å². The van der Waals surface area contributed by atoms with Crippen molar-refractivity contribution in [2.24, 2.45) is 0 Å². The predicted octanol–water partition coefficient (Wildman–Crippen LogP) is 0.380. The lowest BCUT2D eigenvalue weighted by atomic mass is 10.3. The summed E-state index contributed by atoms with van der Waals surface area (Å²) in [6, 6.07) is 6.19. The second-order valence-electron chi connectivity index (χ2n) is 7.77. The van der Waals surface area contributed by atoms with Gasteiger partial charge in [0, 0.05) is 58.9 Å². The molecular weight excluding hydrogens is 442 g/mol. The number of nitrogens with zero attached hydrogens (tertiary/aromatic N) is 6. The van der Waals surface area contributed by atoms with E-state index in [1.165, 1.54) is 0 Å². The molecule has 2 aliphatic rings. The lowest BCUT2D eigenvalue weighted by Gasteiger charge is -2.36. The number of hydrogen-bond donors (Lipinski definition) is 1. The van der Waals surface area contributed by atoms with Gasteiger partial charge in [0.1, 0.15) is 16.5 Å². The van der Waals surface area contributed by atoms with Crippen LogP contribution in [0.25, 0.3) is 0 Å². The van der Waals surface area contributed by atoms with Crippen LogP contribution >= 0.6 is 0 Å². The van der Waals surface area contributed by atoms with E-state index >= 15 is 0 Å². The quantitative estimate of drug-likeness (QED) is 0.651. The Labute approximate surface area is 185 Å². The van der Waals surface area contributed by atoms with Crippen molar-refractivity contribution in [2.75, 3.05) is 75.3 Å². The predicted molar refractivity (Wildman–Crippen MR) is 115 cm³/mol. The number of anilines is 2. The normalized spacial score (nSPS) is 18.8. The fourth-order valence-corrected chi connectivity index (χ4v) is 5.47. The van der Waals surface area contributed by atoms with Crippen LogP contribution in [0.3, 0.4) is 0 Å². The van der Waals surface area contributed by atoms with E-state index in [9.17, 15) is 17.2 Å². The SMILES string of the molecule is O=S(=O)(c1cc(F)ccc1F)N1CCN(c2ccc(N3CCN(CCO)CC3)nn2)CC1. The second-order valence-corrected chi connectivity index (χ2v) is 9.67. The first-order valence-corrected chi connectivity index (χ1v) is 11.9. The maximum atomic E-state index is 14.0. The molecule has 2 fully saturated rings. The summed E-state index contributed by atoms with van der Waals surface area (Å²) in [5.74, 6) is -0.344. The van der Waals surface area contributed by atoms with Crippen LogP contribution in [-0.2, 0) is 10.0 Å². The van der Waals surface area contributed by atoms with Gasteiger partial charge in [-0.05, 0) is 30.3 Å². The van der Waals surface area contributed by atoms with Gasteiger partial charge in [-0.25, -0.2) is 17.2 Å². The van der Waals surface area contributed by atoms with Crippen molar-refractivity contribution >= 4 is 21.7 Å². The third kappa shape index (κ3) is 4.82. The van der Waals surface area contributed by atoms with Crippen molar-refractivity contribution in [1.82, 2.24) is 19.4 Å². The standard InChI is InChI=1S/C20H26F2N6O3S/c21-16-1-2-17(22)18(15-16)32(30,31)28-11-9-27(10-12-28)20-4-3-19(23-24-20)26-7-5-25(6-8-26)13-14-29/h1-4,15,29H,5-14H2. The Morgan fingerprint density at radius 2 is 1.41 bits per heavy atom. The molecule has 1 N–H and O–H groups in total. The summed E-state index contributed by atoms with van der Waals surface area (Å²) in [7, 11) is -4.12. The van der Waals surface area contributed by atoms with E-state index in [0.717, 1.165) is 48.4 Å². The highest BCUT2D eigenvalue weighted by Gasteiger charge is 2.31. The lowest BCUT2D eigenvalue weighted by molar-refractivity contribution is 0.188. The average molecular weight is 469 g/mol. The molecule has 4 rings (SSSR count). The Kier molecular flexibility index (Phi) is 6.84. The molecule has 1 aromatic carbocycles. The molecule has 0 atom stereocenters. The highest BCUT2D eigenvalue weighted by molar-refractivity contribution is 7.89. The number of β-amino-alcohol motifs (C(OH)–C–C–N with tert-alkyl or cyclic N) is 1. The molecule has 0 aliphatic carbocycles. The minimum Gasteiger partial charge on any atom is -0.395 e. The molecule has 0 radical (unpaired) electrons. The van der Waals surface area contributed by atoms with Crippen molar-refractivity contribution in [3.63, 3.8) is 0 Å². The highest BCUT2D eigenvalue weighted by Crippen LogP contribution is 2.23. The molecule has 1 aromatic heterocycles. The van der Waals surface area contributed by atoms with Gasteiger partial charge in [0.05, 0.1) is 6.61 Å². The fraction of sp³-hybridized carbons (Fsp3) is 0.500. The topological polar surface area (TPSA) is 93.1 Å². The van der Waals surface area contributed by atoms with E-state index in [1.54, 1.807) is 0 Å². The number of aliphatic hydroxyl groups is 1. The smallest absolute Gasteiger partial charge is 0.246 e. The Morgan fingerprint density at radius 3 is 1.94 bits per heavy atom. The van der Waals surface area contributed by atoms with E-state index in [0.29, 0.717) is 31.5 Å². The summed E-state index contributed by atoms with van der Waals surface area (Å²) in [6.07, 6.45) is 0. The zero-order valence-corrected chi connectivity index (χ0v) is 18.4. The van der Waals surface area contributed by atoms with Crippen LogP contribution < -0.4 is 9.80 Å². The molecule has 0 bridgehead atoms. The average Bonchev–Trinajstić information content (AvgIpc) is 2.81. The zero-order chi connectivity index (χ0) is 22.7. The maximum Gasteiger partial charge on any atom is 0.246 e. The van der Waals surface area contributed by atoms with Crippen LogP contribution in [-0.4, -0.2) is 98.4 Å². The van der Waals surface area contributed by atoms with Crippen LogP contribution in [0.15, 0.2) is 35.2 Å². The van der Waals surface area contributed by atoms with E-state index in [1.807, 2.05) is 17.0 Å². The van der Waals surface area contributed by atoms with E-state index < -0.39 is 26.6 Å². The van der Waals surface area contributed by atoms with Crippen LogP contribution in [0.1, 0.15) is 0 Å². The lowest BCUT2D eigenvalue weighted by Crippen LogP contribution is -2.49. The van der Waals surface area contributed by atoms with E-state index in [-0.39, 0.29) is 19.7 Å². The minimum atomic E-state index is -4.12. The van der Waals surface area contributed by atoms with Gasteiger partial charge in [-0.15, -0.1) is 10.2 Å².